The number of aromatic nitrogens is 2. The van der Waals surface area contributed by atoms with Crippen molar-refractivity contribution in [1.82, 2.24) is 9.97 Å². The summed E-state index contributed by atoms with van der Waals surface area (Å²) in [6.07, 6.45) is -0.874. The average Bonchev–Trinajstić information content (AvgIpc) is 2.76. The van der Waals surface area contributed by atoms with E-state index in [1.165, 1.54) is 38.5 Å². The number of amides is 1. The van der Waals surface area contributed by atoms with Crippen LogP contribution < -0.4 is 15.8 Å². The molecule has 0 radical (unpaired) electrons. The number of nitrogens with two attached hydrogens (primary N) is 1. The molecule has 0 unspecified atom stereocenters. The number of hydrogen-bond donors (Lipinski definition) is 2. The highest BCUT2D eigenvalue weighted by Gasteiger charge is 2.38. The number of carbonyl (C=O) groups is 1. The van der Waals surface area contributed by atoms with E-state index in [0.29, 0.717) is 18.4 Å². The van der Waals surface area contributed by atoms with Crippen molar-refractivity contribution in [2.24, 2.45) is 10.7 Å². The highest BCUT2D eigenvalue weighted by Crippen LogP contribution is 2.36. The van der Waals surface area contributed by atoms with E-state index in [0.717, 1.165) is 6.07 Å². The minimum atomic E-state index is -2.80. The largest absolute Gasteiger partial charge is 0.471 e. The predicted molar refractivity (Wildman–Crippen MR) is 122 cm³/mol. The number of halogens is 3. The molecule has 0 saturated heterocycles. The van der Waals surface area contributed by atoms with Gasteiger partial charge in [0.05, 0.1) is 23.7 Å². The Bertz CT molecular complexity index is 978. The van der Waals surface area contributed by atoms with E-state index >= 15 is 0 Å². The fraction of sp³-hybridized carbons (Fsp3) is 0.429. The van der Waals surface area contributed by atoms with Crippen molar-refractivity contribution < 1.29 is 27.4 Å². The van der Waals surface area contributed by atoms with Crippen LogP contribution in [0.2, 0.25) is 0 Å². The van der Waals surface area contributed by atoms with Crippen molar-refractivity contribution in [2.75, 3.05) is 26.1 Å². The van der Waals surface area contributed by atoms with Crippen molar-refractivity contribution >= 4 is 28.5 Å². The van der Waals surface area contributed by atoms with Gasteiger partial charge in [-0.05, 0) is 44.0 Å². The maximum Gasteiger partial charge on any atom is 0.275 e. The summed E-state index contributed by atoms with van der Waals surface area (Å²) in [6.45, 7) is 3.42. The van der Waals surface area contributed by atoms with Gasteiger partial charge in [-0.3, -0.25) is 9.79 Å². The summed E-state index contributed by atoms with van der Waals surface area (Å²) in [4.78, 5) is 24.2. The van der Waals surface area contributed by atoms with E-state index in [9.17, 15) is 18.0 Å². The molecule has 1 aromatic carbocycles. The zero-order valence-electron chi connectivity index (χ0n) is 18.6. The molecular formula is C21H26F3N5O3S. The number of hydrogen-bond acceptors (Lipinski definition) is 7. The lowest BCUT2D eigenvalue weighted by Crippen LogP contribution is -2.36. The molecule has 2 aromatic rings. The fourth-order valence-electron chi connectivity index (χ4n) is 2.77. The average molecular weight is 486 g/mol. The topological polar surface area (TPSA) is 112 Å². The van der Waals surface area contributed by atoms with Gasteiger partial charge in [0.15, 0.2) is 5.17 Å². The number of ether oxygens (including phenoxy) is 2. The summed E-state index contributed by atoms with van der Waals surface area (Å²) in [5.41, 5.74) is 5.80. The molecule has 1 heterocycles. The number of rotatable bonds is 10. The van der Waals surface area contributed by atoms with Gasteiger partial charge >= 0.3 is 0 Å². The van der Waals surface area contributed by atoms with Crippen LogP contribution in [0, 0.1) is 5.82 Å². The summed E-state index contributed by atoms with van der Waals surface area (Å²) >= 11 is 0.669. The number of carbonyl (C=O) groups excluding carboxylic acids is 1. The maximum absolute atomic E-state index is 14.4. The second kappa shape index (κ2) is 11.8. The molecule has 0 saturated carbocycles. The van der Waals surface area contributed by atoms with Gasteiger partial charge in [-0.2, -0.15) is 0 Å². The standard InChI is InChI=1S/C21H26F3N5O3S/c1-12(11-31-4)32-17-10-27-16(9-28-17)18(30)29-14-5-6-15(22)13(7-14)8-21(2,19(23)24)33-20(25)26-3/h5-7,9-10,12,19H,8,11H2,1-4H3,(H2,25,26)(H,29,30)/t12-,21+/m0/s1. The van der Waals surface area contributed by atoms with Crippen molar-refractivity contribution in [3.05, 3.63) is 47.7 Å². The van der Waals surface area contributed by atoms with E-state index in [2.05, 4.69) is 20.3 Å². The maximum atomic E-state index is 14.4. The third kappa shape index (κ3) is 7.60. The third-order valence-corrected chi connectivity index (χ3v) is 5.63. The Kier molecular flexibility index (Phi) is 9.47. The first kappa shape index (κ1) is 26.4. The highest BCUT2D eigenvalue weighted by atomic mass is 32.2. The van der Waals surface area contributed by atoms with Crippen molar-refractivity contribution in [3.8, 4) is 5.88 Å². The summed E-state index contributed by atoms with van der Waals surface area (Å²) in [5.74, 6) is -1.07. The second-order valence-corrected chi connectivity index (χ2v) is 8.89. The van der Waals surface area contributed by atoms with Crippen LogP contribution in [-0.4, -0.2) is 59.1 Å². The first-order valence-corrected chi connectivity index (χ1v) is 10.7. The molecule has 3 N–H and O–H groups in total. The van der Waals surface area contributed by atoms with Crippen molar-refractivity contribution in [1.29, 1.82) is 0 Å². The highest BCUT2D eigenvalue weighted by molar-refractivity contribution is 8.15. The van der Waals surface area contributed by atoms with Gasteiger partial charge in [-0.1, -0.05) is 11.8 Å². The van der Waals surface area contributed by atoms with E-state index in [4.69, 9.17) is 15.2 Å². The number of methoxy groups -OCH3 is 1. The molecule has 0 fully saturated rings. The molecular weight excluding hydrogens is 459 g/mol. The van der Waals surface area contributed by atoms with Crippen LogP contribution in [0.1, 0.15) is 29.9 Å². The van der Waals surface area contributed by atoms with Crippen molar-refractivity contribution in [3.63, 3.8) is 0 Å². The predicted octanol–water partition coefficient (Wildman–Crippen LogP) is 3.53. The molecule has 2 atom stereocenters. The second-order valence-electron chi connectivity index (χ2n) is 7.34. The number of amidine groups is 1. The lowest BCUT2D eigenvalue weighted by molar-refractivity contribution is 0.0885. The summed E-state index contributed by atoms with van der Waals surface area (Å²) in [6, 6.07) is 3.71. The smallest absolute Gasteiger partial charge is 0.275 e. The van der Waals surface area contributed by atoms with E-state index in [-0.39, 0.29) is 40.5 Å². The van der Waals surface area contributed by atoms with Crippen LogP contribution in [0.5, 0.6) is 5.88 Å². The molecule has 0 spiro atoms. The van der Waals surface area contributed by atoms with E-state index in [1.807, 2.05) is 0 Å². The molecule has 2 rings (SSSR count). The Hall–Kier alpha value is -2.86. The van der Waals surface area contributed by atoms with Gasteiger partial charge in [-0.25, -0.2) is 23.1 Å². The van der Waals surface area contributed by atoms with Gasteiger partial charge in [0, 0.05) is 19.8 Å². The van der Waals surface area contributed by atoms with Crippen molar-refractivity contribution in [2.45, 2.75) is 37.5 Å². The van der Waals surface area contributed by atoms with Gasteiger partial charge in [0.2, 0.25) is 5.88 Å². The molecule has 0 bridgehead atoms. The minimum Gasteiger partial charge on any atom is -0.471 e. The van der Waals surface area contributed by atoms with Crippen LogP contribution in [-0.2, 0) is 11.2 Å². The molecule has 33 heavy (non-hydrogen) atoms. The third-order valence-electron chi connectivity index (χ3n) is 4.45. The van der Waals surface area contributed by atoms with Gasteiger partial charge in [-0.15, -0.1) is 0 Å². The van der Waals surface area contributed by atoms with Gasteiger partial charge < -0.3 is 20.5 Å². The van der Waals surface area contributed by atoms with Crippen LogP contribution in [0.4, 0.5) is 18.9 Å². The molecule has 1 aromatic heterocycles. The number of benzene rings is 1. The zero-order valence-corrected chi connectivity index (χ0v) is 19.5. The Morgan fingerprint density at radius 3 is 2.64 bits per heavy atom. The Morgan fingerprint density at radius 2 is 2.06 bits per heavy atom. The first-order chi connectivity index (χ1) is 15.6. The molecule has 0 aliphatic rings. The number of nitrogens with zero attached hydrogens (tertiary/aromatic N) is 3. The van der Waals surface area contributed by atoms with E-state index < -0.39 is 22.9 Å². The van der Waals surface area contributed by atoms with Gasteiger partial charge in [0.25, 0.3) is 12.3 Å². The van der Waals surface area contributed by atoms with Crippen LogP contribution in [0.15, 0.2) is 35.6 Å². The van der Waals surface area contributed by atoms with Crippen LogP contribution in [0.25, 0.3) is 0 Å². The lowest BCUT2D eigenvalue weighted by atomic mass is 9.99. The zero-order chi connectivity index (χ0) is 24.6. The van der Waals surface area contributed by atoms with Gasteiger partial charge in [0.1, 0.15) is 17.6 Å². The Labute approximate surface area is 194 Å². The Balaban J connectivity index is 2.14. The Morgan fingerprint density at radius 1 is 1.33 bits per heavy atom. The molecule has 1 amide bonds. The normalized spacial score (nSPS) is 14.6. The van der Waals surface area contributed by atoms with Crippen LogP contribution in [0.3, 0.4) is 0 Å². The monoisotopic (exact) mass is 485 g/mol. The van der Waals surface area contributed by atoms with Crippen LogP contribution >= 0.6 is 11.8 Å². The SMILES string of the molecule is CN=C(N)S[C@](C)(Cc1cc(NC(=O)c2cnc(O[C@@H](C)COC)cn2)ccc1F)C(F)F. The number of thioether (sulfide) groups is 1. The fourth-order valence-corrected chi connectivity index (χ4v) is 3.66. The molecule has 12 heteroatoms. The summed E-state index contributed by atoms with van der Waals surface area (Å²) in [7, 11) is 2.92. The molecule has 8 nitrogen and oxygen atoms in total. The minimum absolute atomic E-state index is 0.00559. The molecule has 0 aliphatic carbocycles. The molecule has 180 valence electrons. The quantitative estimate of drug-likeness (QED) is 0.391. The summed E-state index contributed by atoms with van der Waals surface area (Å²) in [5, 5.41) is 2.52. The number of aliphatic imine (C=N–C) groups is 1. The molecule has 0 aliphatic heterocycles. The number of alkyl halides is 2. The lowest BCUT2D eigenvalue weighted by Gasteiger charge is -2.28. The van der Waals surface area contributed by atoms with E-state index in [1.54, 1.807) is 14.0 Å². The summed E-state index contributed by atoms with van der Waals surface area (Å²) < 4.78 is 50.6. The number of nitrogens with one attached hydrogen (secondary N) is 1. The number of anilines is 1. The first-order valence-electron chi connectivity index (χ1n) is 9.84.